The number of ether oxygens (including phenoxy) is 1. The number of hydrogen-bond acceptors (Lipinski definition) is 5. The normalized spacial score (nSPS) is 11.2. The van der Waals surface area contributed by atoms with Crippen molar-refractivity contribution in [2.45, 2.75) is 26.4 Å². The van der Waals surface area contributed by atoms with E-state index in [1.165, 1.54) is 0 Å². The molecule has 7 heteroatoms. The highest BCUT2D eigenvalue weighted by molar-refractivity contribution is 6.31. The Morgan fingerprint density at radius 3 is 2.83 bits per heavy atom. The summed E-state index contributed by atoms with van der Waals surface area (Å²) in [4.78, 5) is 8.92. The molecule has 0 unspecified atom stereocenters. The van der Waals surface area contributed by atoms with Crippen LogP contribution in [0.25, 0.3) is 22.2 Å². The van der Waals surface area contributed by atoms with Crippen LogP contribution in [0.4, 0.5) is 0 Å². The average molecular weight is 423 g/mol. The van der Waals surface area contributed by atoms with Crippen molar-refractivity contribution in [3.8, 4) is 17.0 Å². The molecule has 1 N–H and O–H groups in total. The van der Waals surface area contributed by atoms with E-state index < -0.39 is 0 Å². The van der Waals surface area contributed by atoms with Crippen LogP contribution in [0.2, 0.25) is 5.02 Å². The monoisotopic (exact) mass is 422 g/mol. The van der Waals surface area contributed by atoms with Gasteiger partial charge in [-0.15, -0.1) is 0 Å². The molecule has 1 aromatic carbocycles. The van der Waals surface area contributed by atoms with Crippen LogP contribution in [0, 0.1) is 6.92 Å². The molecule has 154 valence electrons. The van der Waals surface area contributed by atoms with Gasteiger partial charge in [0.05, 0.1) is 10.7 Å². The van der Waals surface area contributed by atoms with Gasteiger partial charge in [0.1, 0.15) is 17.9 Å². The largest absolute Gasteiger partial charge is 0.487 e. The lowest BCUT2D eigenvalue weighted by Gasteiger charge is -2.15. The van der Waals surface area contributed by atoms with E-state index in [0.29, 0.717) is 30.2 Å². The fourth-order valence-electron chi connectivity index (χ4n) is 3.62. The topological polar surface area (TPSA) is 73.1 Å². The minimum Gasteiger partial charge on any atom is -0.487 e. The summed E-state index contributed by atoms with van der Waals surface area (Å²) in [6.07, 6.45) is 6.54. The summed E-state index contributed by atoms with van der Waals surface area (Å²) < 4.78 is 8.06. The molecule has 0 aliphatic heterocycles. The first-order chi connectivity index (χ1) is 14.6. The van der Waals surface area contributed by atoms with Crippen LogP contribution >= 0.6 is 11.6 Å². The van der Waals surface area contributed by atoms with Crippen molar-refractivity contribution in [2.75, 3.05) is 6.61 Å². The molecular weight excluding hydrogens is 400 g/mol. The van der Waals surface area contributed by atoms with Crippen LogP contribution in [0.15, 0.2) is 48.9 Å². The molecule has 0 saturated carbocycles. The standard InChI is InChI=1S/C23H23ClN4O2/c1-15-11-18(21-8-9-26-28(21)2)17-6-3-7-22(23(17)27-15)30-14-19-16(5-4-10-29)12-25-13-20(19)24/h3,6-9,11-13,29H,4-5,10,14H2,1-2H3. The minimum atomic E-state index is 0.121. The molecule has 3 heterocycles. The molecule has 4 rings (SSSR count). The van der Waals surface area contributed by atoms with Crippen molar-refractivity contribution in [1.29, 1.82) is 0 Å². The maximum absolute atomic E-state index is 9.16. The van der Waals surface area contributed by atoms with Crippen LogP contribution in [-0.4, -0.2) is 31.5 Å². The smallest absolute Gasteiger partial charge is 0.146 e. The lowest BCUT2D eigenvalue weighted by Crippen LogP contribution is -2.04. The lowest BCUT2D eigenvalue weighted by atomic mass is 10.0. The maximum atomic E-state index is 9.16. The second-order valence-electron chi connectivity index (χ2n) is 7.18. The van der Waals surface area contributed by atoms with E-state index >= 15 is 0 Å². The van der Waals surface area contributed by atoms with E-state index in [2.05, 4.69) is 16.1 Å². The Labute approximate surface area is 180 Å². The zero-order chi connectivity index (χ0) is 21.1. The molecule has 0 aliphatic rings. The molecule has 3 aromatic heterocycles. The van der Waals surface area contributed by atoms with Gasteiger partial charge in [-0.3, -0.25) is 9.67 Å². The first-order valence-electron chi connectivity index (χ1n) is 9.82. The van der Waals surface area contributed by atoms with Crippen LogP contribution in [0.1, 0.15) is 23.2 Å². The van der Waals surface area contributed by atoms with Gasteiger partial charge in [-0.25, -0.2) is 4.98 Å². The number of para-hydroxylation sites is 1. The summed E-state index contributed by atoms with van der Waals surface area (Å²) >= 11 is 6.40. The molecular formula is C23H23ClN4O2. The fraction of sp³-hybridized carbons (Fsp3) is 0.261. The summed E-state index contributed by atoms with van der Waals surface area (Å²) in [5.41, 5.74) is 5.66. The van der Waals surface area contributed by atoms with Gasteiger partial charge in [-0.1, -0.05) is 23.7 Å². The molecule has 0 fully saturated rings. The Balaban J connectivity index is 1.72. The summed E-state index contributed by atoms with van der Waals surface area (Å²) in [7, 11) is 1.93. The predicted molar refractivity (Wildman–Crippen MR) is 118 cm³/mol. The van der Waals surface area contributed by atoms with Gasteiger partial charge in [-0.05, 0) is 43.5 Å². The number of aliphatic hydroxyl groups is 1. The third-order valence-corrected chi connectivity index (χ3v) is 5.42. The number of aryl methyl sites for hydroxylation is 3. The highest BCUT2D eigenvalue weighted by Crippen LogP contribution is 2.33. The maximum Gasteiger partial charge on any atom is 0.146 e. The molecule has 0 aliphatic carbocycles. The number of pyridine rings is 2. The van der Waals surface area contributed by atoms with Crippen molar-refractivity contribution in [1.82, 2.24) is 19.7 Å². The molecule has 6 nitrogen and oxygen atoms in total. The van der Waals surface area contributed by atoms with Crippen LogP contribution in [-0.2, 0) is 20.1 Å². The van der Waals surface area contributed by atoms with E-state index in [9.17, 15) is 0 Å². The summed E-state index contributed by atoms with van der Waals surface area (Å²) in [6.45, 7) is 2.40. The minimum absolute atomic E-state index is 0.121. The van der Waals surface area contributed by atoms with Gasteiger partial charge in [0, 0.05) is 54.5 Å². The molecule has 0 bridgehead atoms. The van der Waals surface area contributed by atoms with Gasteiger partial charge in [-0.2, -0.15) is 5.10 Å². The highest BCUT2D eigenvalue weighted by atomic mass is 35.5. The highest BCUT2D eigenvalue weighted by Gasteiger charge is 2.14. The number of fused-ring (bicyclic) bond motifs is 1. The van der Waals surface area contributed by atoms with E-state index in [1.807, 2.05) is 42.9 Å². The molecule has 0 atom stereocenters. The second-order valence-corrected chi connectivity index (χ2v) is 7.59. The predicted octanol–water partition coefficient (Wildman–Crippen LogP) is 4.50. The summed E-state index contributed by atoms with van der Waals surface area (Å²) in [6, 6.07) is 9.99. The number of aliphatic hydroxyl groups excluding tert-OH is 1. The van der Waals surface area contributed by atoms with E-state index in [4.69, 9.17) is 26.4 Å². The molecule has 0 saturated heterocycles. The van der Waals surface area contributed by atoms with Crippen LogP contribution in [0.5, 0.6) is 5.75 Å². The number of rotatable bonds is 7. The van der Waals surface area contributed by atoms with Crippen LogP contribution in [0.3, 0.4) is 0 Å². The fourth-order valence-corrected chi connectivity index (χ4v) is 3.85. The Bertz CT molecular complexity index is 1190. The second kappa shape index (κ2) is 8.81. The Hall–Kier alpha value is -2.96. The zero-order valence-corrected chi connectivity index (χ0v) is 17.7. The van der Waals surface area contributed by atoms with Crippen LogP contribution < -0.4 is 4.74 Å². The zero-order valence-electron chi connectivity index (χ0n) is 17.0. The Morgan fingerprint density at radius 1 is 1.20 bits per heavy atom. The molecule has 30 heavy (non-hydrogen) atoms. The van der Waals surface area contributed by atoms with Gasteiger partial charge in [0.2, 0.25) is 0 Å². The third kappa shape index (κ3) is 4.01. The van der Waals surface area contributed by atoms with Gasteiger partial charge in [0.15, 0.2) is 0 Å². The van der Waals surface area contributed by atoms with Gasteiger partial charge >= 0.3 is 0 Å². The number of aromatic nitrogens is 4. The van der Waals surface area contributed by atoms with Gasteiger partial charge < -0.3 is 9.84 Å². The average Bonchev–Trinajstić information content (AvgIpc) is 3.16. The number of halogens is 1. The lowest BCUT2D eigenvalue weighted by molar-refractivity contribution is 0.286. The number of nitrogens with zero attached hydrogens (tertiary/aromatic N) is 4. The van der Waals surface area contributed by atoms with Crippen molar-refractivity contribution in [3.05, 3.63) is 70.8 Å². The number of benzene rings is 1. The van der Waals surface area contributed by atoms with E-state index in [1.54, 1.807) is 18.6 Å². The van der Waals surface area contributed by atoms with Crippen molar-refractivity contribution >= 4 is 22.5 Å². The first-order valence-corrected chi connectivity index (χ1v) is 10.2. The molecule has 0 radical (unpaired) electrons. The van der Waals surface area contributed by atoms with Crippen molar-refractivity contribution < 1.29 is 9.84 Å². The van der Waals surface area contributed by atoms with Crippen molar-refractivity contribution in [2.24, 2.45) is 7.05 Å². The number of hydrogen-bond donors (Lipinski definition) is 1. The van der Waals surface area contributed by atoms with Crippen molar-refractivity contribution in [3.63, 3.8) is 0 Å². The molecule has 0 spiro atoms. The first kappa shape index (κ1) is 20.3. The molecule has 0 amide bonds. The summed E-state index contributed by atoms with van der Waals surface area (Å²) in [5.74, 6) is 0.695. The SMILES string of the molecule is Cc1cc(-c2ccnn2C)c2cccc(OCc3c(Cl)cncc3CCCO)c2n1. The van der Waals surface area contributed by atoms with E-state index in [0.717, 1.165) is 39.0 Å². The van der Waals surface area contributed by atoms with E-state index in [-0.39, 0.29) is 6.61 Å². The Kier molecular flexibility index (Phi) is 5.97. The Morgan fingerprint density at radius 2 is 2.07 bits per heavy atom. The quantitative estimate of drug-likeness (QED) is 0.474. The summed E-state index contributed by atoms with van der Waals surface area (Å²) in [5, 5.41) is 15.0. The third-order valence-electron chi connectivity index (χ3n) is 5.10. The molecule has 4 aromatic rings. The van der Waals surface area contributed by atoms with Gasteiger partial charge in [0.25, 0.3) is 0 Å².